The average Bonchev–Trinajstić information content (AvgIpc) is 3.03. The number of benzene rings is 1. The molecule has 0 radical (unpaired) electrons. The van der Waals surface area contributed by atoms with Gasteiger partial charge in [0.2, 0.25) is 0 Å². The molecule has 2 aromatic rings. The Morgan fingerprint density at radius 2 is 2.18 bits per heavy atom. The minimum absolute atomic E-state index is 0.535. The number of hydrogen-bond donors (Lipinski definition) is 1. The van der Waals surface area contributed by atoms with E-state index in [9.17, 15) is 0 Å². The van der Waals surface area contributed by atoms with Crippen LogP contribution in [0.25, 0.3) is 10.9 Å². The van der Waals surface area contributed by atoms with E-state index in [4.69, 9.17) is 10.5 Å². The van der Waals surface area contributed by atoms with Crippen molar-refractivity contribution in [2.75, 3.05) is 12.3 Å². The molecule has 1 aromatic heterocycles. The molecule has 0 bridgehead atoms. The van der Waals surface area contributed by atoms with Crippen LogP contribution in [0.1, 0.15) is 13.3 Å². The molecule has 1 fully saturated rings. The first-order valence-corrected chi connectivity index (χ1v) is 6.02. The van der Waals surface area contributed by atoms with Crippen LogP contribution in [0.15, 0.2) is 30.3 Å². The summed E-state index contributed by atoms with van der Waals surface area (Å²) in [7, 11) is 0. The van der Waals surface area contributed by atoms with Gasteiger partial charge in [0.05, 0.1) is 6.61 Å². The van der Waals surface area contributed by atoms with Gasteiger partial charge >= 0.3 is 0 Å². The van der Waals surface area contributed by atoms with E-state index >= 15 is 0 Å². The molecule has 2 unspecified atom stereocenters. The van der Waals surface area contributed by atoms with Crippen LogP contribution in [-0.4, -0.2) is 11.6 Å². The van der Waals surface area contributed by atoms with Gasteiger partial charge in [0.15, 0.2) is 0 Å². The Morgan fingerprint density at radius 3 is 2.94 bits per heavy atom. The number of hydrogen-bond acceptors (Lipinski definition) is 3. The molecule has 2 N–H and O–H groups in total. The van der Waals surface area contributed by atoms with E-state index in [1.807, 2.05) is 30.3 Å². The lowest BCUT2D eigenvalue weighted by atomic mass is 10.2. The highest BCUT2D eigenvalue weighted by Crippen LogP contribution is 2.38. The molecule has 88 valence electrons. The number of anilines is 1. The number of ether oxygens (including phenoxy) is 1. The Morgan fingerprint density at radius 1 is 1.35 bits per heavy atom. The van der Waals surface area contributed by atoms with E-state index < -0.39 is 0 Å². The fourth-order valence-electron chi connectivity index (χ4n) is 2.08. The van der Waals surface area contributed by atoms with Crippen molar-refractivity contribution in [2.24, 2.45) is 11.8 Å². The smallest absolute Gasteiger partial charge is 0.145 e. The maximum absolute atomic E-state index is 5.85. The lowest BCUT2D eigenvalue weighted by molar-refractivity contribution is 0.296. The summed E-state index contributed by atoms with van der Waals surface area (Å²) in [6.07, 6.45) is 1.28. The fourth-order valence-corrected chi connectivity index (χ4v) is 2.08. The molecule has 0 amide bonds. The van der Waals surface area contributed by atoms with Gasteiger partial charge in [0.1, 0.15) is 17.1 Å². The highest BCUT2D eigenvalue weighted by Gasteiger charge is 2.33. The van der Waals surface area contributed by atoms with E-state index in [-0.39, 0.29) is 0 Å². The molecule has 0 aliphatic heterocycles. The molecular weight excluding hydrogens is 212 g/mol. The number of nitrogens with two attached hydrogens (primary N) is 1. The second-order valence-electron chi connectivity index (χ2n) is 4.85. The molecule has 3 rings (SSSR count). The molecule has 1 aromatic carbocycles. The molecule has 17 heavy (non-hydrogen) atoms. The van der Waals surface area contributed by atoms with Crippen LogP contribution in [0.3, 0.4) is 0 Å². The predicted octanol–water partition coefficient (Wildman–Crippen LogP) is 2.85. The van der Waals surface area contributed by atoms with Crippen molar-refractivity contribution in [3.8, 4) is 5.75 Å². The van der Waals surface area contributed by atoms with E-state index in [1.54, 1.807) is 0 Å². The summed E-state index contributed by atoms with van der Waals surface area (Å²) in [6.45, 7) is 3.05. The first kappa shape index (κ1) is 10.4. The Bertz CT molecular complexity index is 553. The van der Waals surface area contributed by atoms with Gasteiger partial charge in [-0.1, -0.05) is 19.1 Å². The minimum atomic E-state index is 0.535. The zero-order valence-electron chi connectivity index (χ0n) is 9.89. The van der Waals surface area contributed by atoms with Crippen molar-refractivity contribution in [2.45, 2.75) is 13.3 Å². The number of nitrogen functional groups attached to an aromatic ring is 1. The Labute approximate surface area is 101 Å². The Hall–Kier alpha value is -1.77. The van der Waals surface area contributed by atoms with Crippen LogP contribution in [0.4, 0.5) is 5.82 Å². The predicted molar refractivity (Wildman–Crippen MR) is 68.9 cm³/mol. The molecular formula is C14H16N2O. The summed E-state index contributed by atoms with van der Waals surface area (Å²) in [5.41, 5.74) is 6.58. The van der Waals surface area contributed by atoms with Crippen molar-refractivity contribution < 1.29 is 4.74 Å². The van der Waals surface area contributed by atoms with Crippen molar-refractivity contribution in [1.82, 2.24) is 4.98 Å². The third-order valence-electron chi connectivity index (χ3n) is 3.43. The largest absolute Gasteiger partial charge is 0.491 e. The van der Waals surface area contributed by atoms with E-state index in [0.717, 1.165) is 29.2 Å². The van der Waals surface area contributed by atoms with Crippen molar-refractivity contribution in [1.29, 1.82) is 0 Å². The van der Waals surface area contributed by atoms with Gasteiger partial charge < -0.3 is 10.5 Å². The second-order valence-corrected chi connectivity index (χ2v) is 4.85. The molecule has 3 nitrogen and oxygen atoms in total. The first-order valence-electron chi connectivity index (χ1n) is 6.02. The number of aromatic nitrogens is 1. The maximum Gasteiger partial charge on any atom is 0.145 e. The zero-order valence-corrected chi connectivity index (χ0v) is 9.89. The van der Waals surface area contributed by atoms with E-state index in [1.165, 1.54) is 6.42 Å². The minimum Gasteiger partial charge on any atom is -0.491 e. The number of rotatable bonds is 3. The van der Waals surface area contributed by atoms with Crippen LogP contribution >= 0.6 is 0 Å². The summed E-state index contributed by atoms with van der Waals surface area (Å²) in [4.78, 5) is 4.35. The first-order chi connectivity index (χ1) is 8.24. The quantitative estimate of drug-likeness (QED) is 0.878. The van der Waals surface area contributed by atoms with E-state index in [2.05, 4.69) is 11.9 Å². The van der Waals surface area contributed by atoms with Crippen LogP contribution in [0.2, 0.25) is 0 Å². The average molecular weight is 228 g/mol. The SMILES string of the molecule is CC1CC1COc1cccc2ccc(N)nc12. The molecule has 1 aliphatic carbocycles. The number of para-hydroxylation sites is 1. The summed E-state index contributed by atoms with van der Waals surface area (Å²) < 4.78 is 5.85. The highest BCUT2D eigenvalue weighted by atomic mass is 16.5. The topological polar surface area (TPSA) is 48.1 Å². The van der Waals surface area contributed by atoms with Crippen LogP contribution < -0.4 is 10.5 Å². The number of nitrogens with zero attached hydrogens (tertiary/aromatic N) is 1. The molecule has 3 heteroatoms. The zero-order chi connectivity index (χ0) is 11.8. The van der Waals surface area contributed by atoms with Gasteiger partial charge in [-0.2, -0.15) is 0 Å². The van der Waals surface area contributed by atoms with E-state index in [0.29, 0.717) is 11.7 Å². The van der Waals surface area contributed by atoms with Gasteiger partial charge in [0, 0.05) is 5.39 Å². The molecule has 1 heterocycles. The fraction of sp³-hybridized carbons (Fsp3) is 0.357. The van der Waals surface area contributed by atoms with Crippen LogP contribution in [0.5, 0.6) is 5.75 Å². The lowest BCUT2D eigenvalue weighted by Gasteiger charge is -2.08. The maximum atomic E-state index is 5.85. The van der Waals surface area contributed by atoms with Gasteiger partial charge in [-0.3, -0.25) is 0 Å². The van der Waals surface area contributed by atoms with Gasteiger partial charge in [0.25, 0.3) is 0 Å². The molecule has 1 aliphatic rings. The molecule has 1 saturated carbocycles. The van der Waals surface area contributed by atoms with Crippen molar-refractivity contribution in [3.63, 3.8) is 0 Å². The number of pyridine rings is 1. The van der Waals surface area contributed by atoms with Gasteiger partial charge in [-0.05, 0) is 36.5 Å². The third-order valence-corrected chi connectivity index (χ3v) is 3.43. The summed E-state index contributed by atoms with van der Waals surface area (Å²) in [6, 6.07) is 9.77. The Kier molecular flexibility index (Phi) is 2.39. The Balaban J connectivity index is 1.89. The number of fused-ring (bicyclic) bond motifs is 1. The molecule has 0 saturated heterocycles. The van der Waals surface area contributed by atoms with Crippen LogP contribution in [0, 0.1) is 11.8 Å². The summed E-state index contributed by atoms with van der Waals surface area (Å²) >= 11 is 0. The summed E-state index contributed by atoms with van der Waals surface area (Å²) in [5, 5.41) is 1.07. The normalized spacial score (nSPS) is 22.6. The van der Waals surface area contributed by atoms with Gasteiger partial charge in [-0.15, -0.1) is 0 Å². The van der Waals surface area contributed by atoms with Crippen LogP contribution in [-0.2, 0) is 0 Å². The molecule has 2 atom stereocenters. The second kappa shape index (κ2) is 3.91. The van der Waals surface area contributed by atoms with Gasteiger partial charge in [-0.25, -0.2) is 4.98 Å². The third kappa shape index (κ3) is 2.05. The standard InChI is InChI=1S/C14H16N2O/c1-9-7-11(9)8-17-12-4-2-3-10-5-6-13(15)16-14(10)12/h2-6,9,11H,7-8H2,1H3,(H2,15,16). The van der Waals surface area contributed by atoms with Crippen molar-refractivity contribution in [3.05, 3.63) is 30.3 Å². The molecule has 0 spiro atoms. The van der Waals surface area contributed by atoms with Crippen molar-refractivity contribution >= 4 is 16.7 Å². The monoisotopic (exact) mass is 228 g/mol. The lowest BCUT2D eigenvalue weighted by Crippen LogP contribution is -2.01. The summed E-state index contributed by atoms with van der Waals surface area (Å²) in [5.74, 6) is 2.90. The highest BCUT2D eigenvalue weighted by molar-refractivity contribution is 5.85.